The number of hydrogen-bond donors (Lipinski definition) is 1. The van der Waals surface area contributed by atoms with Crippen LogP contribution in [0.25, 0.3) is 0 Å². The van der Waals surface area contributed by atoms with E-state index in [1.54, 1.807) is 18.2 Å². The van der Waals surface area contributed by atoms with Gasteiger partial charge in [-0.2, -0.15) is 0 Å². The van der Waals surface area contributed by atoms with Crippen molar-refractivity contribution in [2.24, 2.45) is 0 Å². The van der Waals surface area contributed by atoms with E-state index in [-0.39, 0.29) is 17.3 Å². The number of amides is 1. The molecule has 0 saturated carbocycles. The molecule has 2 heterocycles. The third-order valence-electron chi connectivity index (χ3n) is 5.33. The summed E-state index contributed by atoms with van der Waals surface area (Å²) in [6, 6.07) is 6.46. The van der Waals surface area contributed by atoms with Crippen LogP contribution in [0.5, 0.6) is 0 Å². The molecule has 1 amide bonds. The van der Waals surface area contributed by atoms with Crippen molar-refractivity contribution in [1.29, 1.82) is 0 Å². The monoisotopic (exact) mass is 423 g/mol. The van der Waals surface area contributed by atoms with Gasteiger partial charge in [-0.25, -0.2) is 21.7 Å². The molecule has 1 fully saturated rings. The Bertz CT molecular complexity index is 978. The average molecular weight is 423 g/mol. The Morgan fingerprint density at radius 2 is 1.86 bits per heavy atom. The van der Waals surface area contributed by atoms with E-state index in [0.717, 1.165) is 38.0 Å². The van der Waals surface area contributed by atoms with E-state index >= 15 is 0 Å². The molecule has 2 unspecified atom stereocenters. The smallest absolute Gasteiger partial charge is 0.255 e. The largest absolute Gasteiger partial charge is 0.372 e. The van der Waals surface area contributed by atoms with Gasteiger partial charge in [0, 0.05) is 49.6 Å². The highest BCUT2D eigenvalue weighted by Crippen LogP contribution is 2.34. The first-order valence-electron chi connectivity index (χ1n) is 9.35. The van der Waals surface area contributed by atoms with Crippen LogP contribution < -0.4 is 10.2 Å². The molecule has 1 saturated heterocycles. The summed E-state index contributed by atoms with van der Waals surface area (Å²) in [5, 5.41) is 2.36. The number of carbonyl (C=O) groups is 1. The summed E-state index contributed by atoms with van der Waals surface area (Å²) in [5.41, 5.74) is 0.787. The molecule has 0 aliphatic carbocycles. The summed E-state index contributed by atoms with van der Waals surface area (Å²) in [6.07, 6.45) is 3.04. The fourth-order valence-electron chi connectivity index (χ4n) is 3.86. The fourth-order valence-corrected chi connectivity index (χ4v) is 5.48. The zero-order valence-corrected chi connectivity index (χ0v) is 16.6. The molecule has 1 N–H and O–H groups in total. The van der Waals surface area contributed by atoms with Crippen molar-refractivity contribution < 1.29 is 22.2 Å². The number of carbonyl (C=O) groups excluding carboxylic acids is 1. The first kappa shape index (κ1) is 19.9. The molecular formula is C20H20F3N3O2S. The average Bonchev–Trinajstić information content (AvgIpc) is 2.81. The SMILES string of the molecule is CN1CC2CCCCN2S(=O)c2cc(C(=O)Nc3cc(F)c(F)c(F)c3)ccc21. The lowest BCUT2D eigenvalue weighted by molar-refractivity contribution is 0.102. The van der Waals surface area contributed by atoms with Crippen LogP contribution in [0.4, 0.5) is 24.5 Å². The Morgan fingerprint density at radius 3 is 2.59 bits per heavy atom. The van der Waals surface area contributed by atoms with Crippen molar-refractivity contribution in [3.8, 4) is 0 Å². The van der Waals surface area contributed by atoms with Gasteiger partial charge >= 0.3 is 0 Å². The van der Waals surface area contributed by atoms with E-state index in [9.17, 15) is 22.2 Å². The Morgan fingerprint density at radius 1 is 1.14 bits per heavy atom. The Hall–Kier alpha value is -2.39. The van der Waals surface area contributed by atoms with Crippen molar-refractivity contribution >= 4 is 28.3 Å². The molecule has 2 aliphatic heterocycles. The minimum atomic E-state index is -1.59. The molecule has 2 aromatic carbocycles. The van der Waals surface area contributed by atoms with Gasteiger partial charge in [-0.05, 0) is 31.0 Å². The van der Waals surface area contributed by atoms with Crippen LogP contribution in [0.15, 0.2) is 35.2 Å². The van der Waals surface area contributed by atoms with Crippen molar-refractivity contribution in [2.75, 3.05) is 30.4 Å². The van der Waals surface area contributed by atoms with Crippen LogP contribution >= 0.6 is 0 Å². The van der Waals surface area contributed by atoms with E-state index < -0.39 is 34.3 Å². The molecule has 154 valence electrons. The highest BCUT2D eigenvalue weighted by Gasteiger charge is 2.34. The molecule has 0 radical (unpaired) electrons. The van der Waals surface area contributed by atoms with Crippen molar-refractivity contribution in [2.45, 2.75) is 30.2 Å². The van der Waals surface area contributed by atoms with Crippen LogP contribution in [-0.2, 0) is 11.0 Å². The normalized spacial score (nSPS) is 21.9. The summed E-state index contributed by atoms with van der Waals surface area (Å²) >= 11 is 0. The first-order valence-corrected chi connectivity index (χ1v) is 10.5. The number of benzene rings is 2. The summed E-state index contributed by atoms with van der Waals surface area (Å²) in [7, 11) is 0.517. The van der Waals surface area contributed by atoms with Crippen molar-refractivity contribution in [3.63, 3.8) is 0 Å². The number of likely N-dealkylation sites (N-methyl/N-ethyl adjacent to an activating group) is 1. The van der Waals surface area contributed by atoms with Crippen molar-refractivity contribution in [1.82, 2.24) is 4.31 Å². The number of nitrogens with one attached hydrogen (secondary N) is 1. The third kappa shape index (κ3) is 3.76. The standard InChI is InChI=1S/C20H20F3N3O2S/c1-25-11-14-4-2-3-7-26(14)29(28)18-8-12(5-6-17(18)25)20(27)24-13-9-15(21)19(23)16(22)10-13/h5-6,8-10,14H,2-4,7,11H2,1H3,(H,24,27). The van der Waals surface area contributed by atoms with Gasteiger partial charge in [-0.15, -0.1) is 0 Å². The number of fused-ring (bicyclic) bond motifs is 2. The van der Waals surface area contributed by atoms with Gasteiger partial charge in [0.2, 0.25) is 0 Å². The third-order valence-corrected chi connectivity index (χ3v) is 6.94. The molecule has 2 aliphatic rings. The highest BCUT2D eigenvalue weighted by molar-refractivity contribution is 7.82. The second kappa shape index (κ2) is 7.79. The maximum absolute atomic E-state index is 13.4. The number of rotatable bonds is 2. The topological polar surface area (TPSA) is 52.7 Å². The molecule has 5 nitrogen and oxygen atoms in total. The minimum Gasteiger partial charge on any atom is -0.372 e. The molecular weight excluding hydrogens is 403 g/mol. The summed E-state index contributed by atoms with van der Waals surface area (Å²) in [6.45, 7) is 1.48. The van der Waals surface area contributed by atoms with Crippen LogP contribution in [0.3, 0.4) is 0 Å². The van der Waals surface area contributed by atoms with Gasteiger partial charge in [-0.1, -0.05) is 6.42 Å². The molecule has 0 spiro atoms. The van der Waals surface area contributed by atoms with E-state index in [4.69, 9.17) is 0 Å². The van der Waals surface area contributed by atoms with Gasteiger partial charge in [0.15, 0.2) is 17.5 Å². The summed E-state index contributed by atoms with van der Waals surface area (Å²) < 4.78 is 55.1. The number of piperidine rings is 1. The number of halogens is 3. The van der Waals surface area contributed by atoms with E-state index in [0.29, 0.717) is 17.0 Å². The fraction of sp³-hybridized carbons (Fsp3) is 0.350. The Kier molecular flexibility index (Phi) is 5.35. The van der Waals surface area contributed by atoms with Gasteiger partial charge in [0.25, 0.3) is 5.91 Å². The molecule has 0 bridgehead atoms. The van der Waals surface area contributed by atoms with Gasteiger partial charge in [-0.3, -0.25) is 4.79 Å². The Balaban J connectivity index is 1.64. The van der Waals surface area contributed by atoms with Gasteiger partial charge in [0.05, 0.1) is 10.6 Å². The lowest BCUT2D eigenvalue weighted by atomic mass is 10.0. The lowest BCUT2D eigenvalue weighted by Crippen LogP contribution is -2.44. The summed E-state index contributed by atoms with van der Waals surface area (Å²) in [5.74, 6) is -5.00. The predicted octanol–water partition coefficient (Wildman–Crippen LogP) is 3.68. The quantitative estimate of drug-likeness (QED) is 0.750. The molecule has 2 aromatic rings. The Labute approximate surface area is 169 Å². The molecule has 4 rings (SSSR count). The zero-order valence-electron chi connectivity index (χ0n) is 15.8. The van der Waals surface area contributed by atoms with Gasteiger partial charge < -0.3 is 10.2 Å². The van der Waals surface area contributed by atoms with Crippen LogP contribution in [0.2, 0.25) is 0 Å². The van der Waals surface area contributed by atoms with Gasteiger partial charge in [0.1, 0.15) is 11.0 Å². The molecule has 0 aromatic heterocycles. The maximum atomic E-state index is 13.4. The van der Waals surface area contributed by atoms with Crippen LogP contribution in [0.1, 0.15) is 29.6 Å². The first-order chi connectivity index (χ1) is 13.8. The van der Waals surface area contributed by atoms with Crippen LogP contribution in [0, 0.1) is 17.5 Å². The second-order valence-corrected chi connectivity index (χ2v) is 8.72. The number of nitrogens with zero attached hydrogens (tertiary/aromatic N) is 2. The number of anilines is 2. The predicted molar refractivity (Wildman–Crippen MR) is 105 cm³/mol. The molecule has 9 heteroatoms. The molecule has 29 heavy (non-hydrogen) atoms. The minimum absolute atomic E-state index is 0.185. The second-order valence-electron chi connectivity index (χ2n) is 7.31. The maximum Gasteiger partial charge on any atom is 0.255 e. The van der Waals surface area contributed by atoms with Crippen LogP contribution in [-0.4, -0.2) is 40.6 Å². The lowest BCUT2D eigenvalue weighted by Gasteiger charge is -2.33. The summed E-state index contributed by atoms with van der Waals surface area (Å²) in [4.78, 5) is 15.2. The molecule has 2 atom stereocenters. The van der Waals surface area contributed by atoms with Crippen molar-refractivity contribution in [3.05, 3.63) is 53.3 Å². The highest BCUT2D eigenvalue weighted by atomic mass is 32.2. The van der Waals surface area contributed by atoms with E-state index in [1.807, 2.05) is 16.3 Å². The van der Waals surface area contributed by atoms with E-state index in [2.05, 4.69) is 5.32 Å². The number of hydrogen-bond acceptors (Lipinski definition) is 3. The zero-order chi connectivity index (χ0) is 20.7. The van der Waals surface area contributed by atoms with E-state index in [1.165, 1.54) is 0 Å².